The quantitative estimate of drug-likeness (QED) is 0.0247. The third-order valence-electron chi connectivity index (χ3n) is 10.1. The molecule has 0 spiro atoms. The van der Waals surface area contributed by atoms with E-state index in [-0.39, 0.29) is 24.9 Å². The Kier molecular flexibility index (Phi) is 44.4. The second-order valence-electron chi connectivity index (χ2n) is 15.9. The van der Waals surface area contributed by atoms with Crippen LogP contribution in [0.2, 0.25) is 0 Å². The molecule has 0 saturated heterocycles. The molecule has 0 heterocycles. The highest BCUT2D eigenvalue weighted by Crippen LogP contribution is 2.15. The second-order valence-corrected chi connectivity index (χ2v) is 15.9. The van der Waals surface area contributed by atoms with Crippen molar-refractivity contribution in [3.8, 4) is 0 Å². The van der Waals surface area contributed by atoms with E-state index in [0.717, 1.165) is 96.3 Å². The summed E-state index contributed by atoms with van der Waals surface area (Å²) in [6.45, 7) is 6.20. The third kappa shape index (κ3) is 42.7. The van der Waals surface area contributed by atoms with Gasteiger partial charge in [-0.1, -0.05) is 226 Å². The summed E-state index contributed by atoms with van der Waals surface area (Å²) < 4.78 is 5.84. The Morgan fingerprint density at radius 3 is 1.54 bits per heavy atom. The van der Waals surface area contributed by atoms with E-state index in [1.807, 2.05) is 42.5 Å². The van der Waals surface area contributed by atoms with Gasteiger partial charge >= 0.3 is 5.97 Å². The standard InChI is InChI=1S/C55H89NO5/c1-4-7-10-13-16-19-21-23-25-26-27-29-31-33-36-39-42-45-48-55(60)61-51(46-43-40-37-35-32-30-28-24-22-20-17-14-11-8-5-2)49-54(59)56-52(50-57)53(58)47-44-41-38-34-18-15-12-9-6-3/h8,10-11,13,16-17,19-21,23-29,32,35,40,43,51-53,57-58H,4-7,9,12,14-15,18,22,30-31,33-34,36-39,41-42,44-50H2,1-3H3,(H,56,59)/b11-8-,13-10+,19-16+,20-17-,23-21+,26-25+,28-24-,29-27+,35-32-,43-40-. The smallest absolute Gasteiger partial charge is 0.306 e. The van der Waals surface area contributed by atoms with E-state index < -0.39 is 18.2 Å². The maximum atomic E-state index is 13.1. The van der Waals surface area contributed by atoms with Gasteiger partial charge in [0.05, 0.1) is 25.2 Å². The molecular formula is C55H89NO5. The molecule has 0 radical (unpaired) electrons. The van der Waals surface area contributed by atoms with Gasteiger partial charge in [-0.2, -0.15) is 0 Å². The molecule has 0 saturated carbocycles. The first-order chi connectivity index (χ1) is 30.0. The highest BCUT2D eigenvalue weighted by atomic mass is 16.5. The average molecular weight is 844 g/mol. The number of hydrogen-bond donors (Lipinski definition) is 3. The SMILES string of the molecule is CC/C=C\C/C=C\C/C=C\C/C=C\C/C=C\CC(CC(=O)NC(CO)C(O)CCCCCCCCCCC)OC(=O)CCCCCCC/C=C/C=C/C=C/C=C/C=C/CCC. The predicted octanol–water partition coefficient (Wildman–Crippen LogP) is 14.5. The molecule has 3 N–H and O–H groups in total. The summed E-state index contributed by atoms with van der Waals surface area (Å²) in [5.41, 5.74) is 0. The molecule has 6 heteroatoms. The lowest BCUT2D eigenvalue weighted by atomic mass is 10.0. The molecule has 0 aliphatic rings. The lowest BCUT2D eigenvalue weighted by Gasteiger charge is -2.24. The fourth-order valence-corrected chi connectivity index (χ4v) is 6.48. The number of aliphatic hydroxyl groups excluding tert-OH is 2. The molecular weight excluding hydrogens is 755 g/mol. The van der Waals surface area contributed by atoms with Crippen LogP contribution < -0.4 is 5.32 Å². The first kappa shape index (κ1) is 57.3. The van der Waals surface area contributed by atoms with Crippen molar-refractivity contribution in [3.05, 3.63) is 122 Å². The minimum absolute atomic E-state index is 0.0198. The number of amides is 1. The van der Waals surface area contributed by atoms with Gasteiger partial charge in [-0.25, -0.2) is 0 Å². The van der Waals surface area contributed by atoms with Gasteiger partial charge in [0, 0.05) is 12.8 Å². The van der Waals surface area contributed by atoms with Crippen molar-refractivity contribution >= 4 is 11.9 Å². The van der Waals surface area contributed by atoms with Gasteiger partial charge in [-0.15, -0.1) is 0 Å². The zero-order chi connectivity index (χ0) is 44.5. The average Bonchev–Trinajstić information content (AvgIpc) is 3.25. The normalized spacial score (nSPS) is 14.4. The zero-order valence-electron chi connectivity index (χ0n) is 39.0. The van der Waals surface area contributed by atoms with Crippen LogP contribution in [0.4, 0.5) is 0 Å². The first-order valence-corrected chi connectivity index (χ1v) is 24.3. The number of rotatable bonds is 41. The van der Waals surface area contributed by atoms with Crippen molar-refractivity contribution in [1.82, 2.24) is 5.32 Å². The summed E-state index contributed by atoms with van der Waals surface area (Å²) in [6, 6.07) is -0.744. The lowest BCUT2D eigenvalue weighted by molar-refractivity contribution is -0.150. The molecule has 61 heavy (non-hydrogen) atoms. The molecule has 0 aromatic rings. The van der Waals surface area contributed by atoms with E-state index in [9.17, 15) is 19.8 Å². The van der Waals surface area contributed by atoms with Crippen LogP contribution in [0, 0.1) is 0 Å². The van der Waals surface area contributed by atoms with E-state index in [0.29, 0.717) is 19.3 Å². The summed E-state index contributed by atoms with van der Waals surface area (Å²) in [5, 5.41) is 23.6. The van der Waals surface area contributed by atoms with Gasteiger partial charge in [0.2, 0.25) is 5.91 Å². The highest BCUT2D eigenvalue weighted by molar-refractivity contribution is 5.77. The summed E-state index contributed by atoms with van der Waals surface area (Å²) in [4.78, 5) is 26.0. The summed E-state index contributed by atoms with van der Waals surface area (Å²) in [7, 11) is 0. The Balaban J connectivity index is 4.81. The molecule has 0 aliphatic carbocycles. The largest absolute Gasteiger partial charge is 0.461 e. The lowest BCUT2D eigenvalue weighted by Crippen LogP contribution is -2.46. The predicted molar refractivity (Wildman–Crippen MR) is 263 cm³/mol. The molecule has 1 amide bonds. The van der Waals surface area contributed by atoms with Crippen molar-refractivity contribution in [2.75, 3.05) is 6.61 Å². The second kappa shape index (κ2) is 47.3. The minimum Gasteiger partial charge on any atom is -0.461 e. The van der Waals surface area contributed by atoms with Crippen LogP contribution >= 0.6 is 0 Å². The van der Waals surface area contributed by atoms with Crippen molar-refractivity contribution in [2.24, 2.45) is 0 Å². The molecule has 0 aliphatic heterocycles. The Bertz CT molecular complexity index is 1310. The number of carbonyl (C=O) groups is 2. The first-order valence-electron chi connectivity index (χ1n) is 24.3. The minimum atomic E-state index is -0.823. The molecule has 0 aromatic heterocycles. The summed E-state index contributed by atoms with van der Waals surface area (Å²) >= 11 is 0. The number of allylic oxidation sites excluding steroid dienone is 19. The van der Waals surface area contributed by atoms with E-state index in [2.05, 4.69) is 105 Å². The van der Waals surface area contributed by atoms with Crippen molar-refractivity contribution in [2.45, 2.75) is 206 Å². The monoisotopic (exact) mass is 844 g/mol. The molecule has 344 valence electrons. The van der Waals surface area contributed by atoms with Gasteiger partial charge in [-0.3, -0.25) is 9.59 Å². The van der Waals surface area contributed by atoms with Crippen LogP contribution in [0.25, 0.3) is 0 Å². The third-order valence-corrected chi connectivity index (χ3v) is 10.1. The zero-order valence-corrected chi connectivity index (χ0v) is 39.0. The summed E-state index contributed by atoms with van der Waals surface area (Å²) in [5.74, 6) is -0.624. The van der Waals surface area contributed by atoms with Crippen LogP contribution in [-0.4, -0.2) is 46.9 Å². The maximum Gasteiger partial charge on any atom is 0.306 e. The topological polar surface area (TPSA) is 95.9 Å². The van der Waals surface area contributed by atoms with Crippen molar-refractivity contribution in [3.63, 3.8) is 0 Å². The molecule has 0 bridgehead atoms. The van der Waals surface area contributed by atoms with Gasteiger partial charge in [-0.05, 0) is 64.2 Å². The van der Waals surface area contributed by atoms with Crippen LogP contribution in [0.3, 0.4) is 0 Å². The molecule has 3 atom stereocenters. The Labute approximate surface area is 374 Å². The van der Waals surface area contributed by atoms with E-state index in [4.69, 9.17) is 4.74 Å². The number of hydrogen-bond acceptors (Lipinski definition) is 5. The van der Waals surface area contributed by atoms with Gasteiger partial charge in [0.1, 0.15) is 6.10 Å². The Morgan fingerprint density at radius 1 is 0.525 bits per heavy atom. The van der Waals surface area contributed by atoms with Gasteiger partial charge in [0.15, 0.2) is 0 Å². The highest BCUT2D eigenvalue weighted by Gasteiger charge is 2.23. The van der Waals surface area contributed by atoms with Crippen molar-refractivity contribution in [1.29, 1.82) is 0 Å². The fraction of sp³-hybridized carbons (Fsp3) is 0.600. The van der Waals surface area contributed by atoms with Gasteiger partial charge < -0.3 is 20.3 Å². The Morgan fingerprint density at radius 2 is 1.00 bits per heavy atom. The van der Waals surface area contributed by atoms with Crippen LogP contribution in [0.15, 0.2) is 122 Å². The molecule has 6 nitrogen and oxygen atoms in total. The molecule has 0 fully saturated rings. The molecule has 3 unspecified atom stereocenters. The number of nitrogens with one attached hydrogen (secondary N) is 1. The van der Waals surface area contributed by atoms with Crippen LogP contribution in [0.1, 0.15) is 188 Å². The number of carbonyl (C=O) groups excluding carboxylic acids is 2. The number of ether oxygens (including phenoxy) is 1. The van der Waals surface area contributed by atoms with E-state index in [1.165, 1.54) is 44.9 Å². The Hall–Kier alpha value is -3.74. The van der Waals surface area contributed by atoms with E-state index >= 15 is 0 Å². The summed E-state index contributed by atoms with van der Waals surface area (Å²) in [6.07, 6.45) is 65.5. The van der Waals surface area contributed by atoms with Crippen LogP contribution in [-0.2, 0) is 14.3 Å². The molecule has 0 aromatic carbocycles. The molecule has 0 rings (SSSR count). The number of esters is 1. The van der Waals surface area contributed by atoms with Crippen LogP contribution in [0.5, 0.6) is 0 Å². The number of unbranched alkanes of at least 4 members (excludes halogenated alkanes) is 14. The van der Waals surface area contributed by atoms with Gasteiger partial charge in [0.25, 0.3) is 0 Å². The van der Waals surface area contributed by atoms with Crippen molar-refractivity contribution < 1.29 is 24.5 Å². The maximum absolute atomic E-state index is 13.1. The number of aliphatic hydroxyl groups is 2. The fourth-order valence-electron chi connectivity index (χ4n) is 6.48. The van der Waals surface area contributed by atoms with E-state index in [1.54, 1.807) is 0 Å².